The third kappa shape index (κ3) is 3.93. The molecule has 0 aliphatic heterocycles. The van der Waals surface area contributed by atoms with E-state index < -0.39 is 11.3 Å². The number of aryl methyl sites for hydroxylation is 2. The number of pyridine rings is 2. The van der Waals surface area contributed by atoms with Gasteiger partial charge >= 0.3 is 5.91 Å². The van der Waals surface area contributed by atoms with Crippen LogP contribution in [0.4, 0.5) is 5.69 Å². The molecule has 3 aromatic heterocycles. The third-order valence-corrected chi connectivity index (χ3v) is 6.26. The zero-order valence-electron chi connectivity index (χ0n) is 18.9. The maximum Gasteiger partial charge on any atom is 0.300 e. The second-order valence-corrected chi connectivity index (χ2v) is 8.91. The quantitative estimate of drug-likeness (QED) is 0.286. The summed E-state index contributed by atoms with van der Waals surface area (Å²) >= 11 is 3.45. The van der Waals surface area contributed by atoms with Gasteiger partial charge in [0, 0.05) is 34.0 Å². The molecule has 0 spiro atoms. The van der Waals surface area contributed by atoms with Gasteiger partial charge in [0.2, 0.25) is 11.3 Å². The summed E-state index contributed by atoms with van der Waals surface area (Å²) in [5, 5.41) is 19.9. The summed E-state index contributed by atoms with van der Waals surface area (Å²) in [6.07, 6.45) is 1.46. The zero-order chi connectivity index (χ0) is 24.7. The predicted molar refractivity (Wildman–Crippen MR) is 138 cm³/mol. The van der Waals surface area contributed by atoms with Gasteiger partial charge in [-0.3, -0.25) is 14.2 Å². The summed E-state index contributed by atoms with van der Waals surface area (Å²) in [7, 11) is 0. The molecular formula is C26H20BrN5O3. The van der Waals surface area contributed by atoms with E-state index in [1.807, 2.05) is 56.3 Å². The molecule has 35 heavy (non-hydrogen) atoms. The Balaban J connectivity index is 1.64. The minimum Gasteiger partial charge on any atom is -0.493 e. The summed E-state index contributed by atoms with van der Waals surface area (Å²) < 4.78 is 4.15. The molecule has 0 unspecified atom stereocenters. The summed E-state index contributed by atoms with van der Waals surface area (Å²) in [5.41, 5.74) is 2.27. The summed E-state index contributed by atoms with van der Waals surface area (Å²) in [6.45, 7) is 4.26. The number of aromatic hydroxyl groups is 1. The number of benzene rings is 2. The van der Waals surface area contributed by atoms with E-state index in [4.69, 9.17) is 0 Å². The molecule has 0 fully saturated rings. The van der Waals surface area contributed by atoms with E-state index in [2.05, 4.69) is 31.1 Å². The Bertz CT molecular complexity index is 1700. The Morgan fingerprint density at radius 3 is 2.60 bits per heavy atom. The molecule has 0 atom stereocenters. The molecule has 2 aromatic carbocycles. The maximum absolute atomic E-state index is 13.0. The van der Waals surface area contributed by atoms with Crippen molar-refractivity contribution < 1.29 is 9.90 Å². The topological polar surface area (TPSA) is 102 Å². The summed E-state index contributed by atoms with van der Waals surface area (Å²) in [5.74, 6) is -0.959. The number of hydrogen-bond acceptors (Lipinski definition) is 5. The second kappa shape index (κ2) is 8.92. The van der Waals surface area contributed by atoms with Crippen molar-refractivity contribution in [3.8, 4) is 11.6 Å². The fourth-order valence-electron chi connectivity index (χ4n) is 4.07. The minimum absolute atomic E-state index is 0.110. The first kappa shape index (κ1) is 22.7. The van der Waals surface area contributed by atoms with Crippen molar-refractivity contribution in [2.75, 3.05) is 0 Å². The van der Waals surface area contributed by atoms with Crippen molar-refractivity contribution in [1.29, 1.82) is 0 Å². The van der Waals surface area contributed by atoms with E-state index in [1.165, 1.54) is 6.20 Å². The number of halogens is 1. The van der Waals surface area contributed by atoms with Gasteiger partial charge < -0.3 is 9.67 Å². The highest BCUT2D eigenvalue weighted by molar-refractivity contribution is 9.10. The second-order valence-electron chi connectivity index (χ2n) is 7.99. The van der Waals surface area contributed by atoms with Crippen LogP contribution < -0.4 is 5.43 Å². The van der Waals surface area contributed by atoms with Crippen molar-refractivity contribution in [1.82, 2.24) is 14.1 Å². The average molecular weight is 530 g/mol. The first-order chi connectivity index (χ1) is 16.9. The highest BCUT2D eigenvalue weighted by Crippen LogP contribution is 2.42. The maximum atomic E-state index is 13.0. The molecule has 3 heterocycles. The Kier molecular flexibility index (Phi) is 5.78. The molecule has 174 valence electrons. The van der Waals surface area contributed by atoms with E-state index in [-0.39, 0.29) is 17.1 Å². The van der Waals surface area contributed by atoms with Crippen LogP contribution in [0.2, 0.25) is 0 Å². The van der Waals surface area contributed by atoms with Crippen LogP contribution in [0.5, 0.6) is 5.88 Å². The van der Waals surface area contributed by atoms with Crippen LogP contribution in [0.1, 0.15) is 23.0 Å². The Morgan fingerprint density at radius 2 is 1.86 bits per heavy atom. The lowest BCUT2D eigenvalue weighted by molar-refractivity contribution is 0.0993. The number of carbonyl (C=O) groups excluding carboxylic acids is 1. The SMILES string of the molecule is CCn1cc(C(=O)N=Nc2c(O)n(-c3ccccc3)c3ccc(Br)cc23)c(=O)c2ccc(C)nc21. The molecular weight excluding hydrogens is 510 g/mol. The average Bonchev–Trinajstić information content (AvgIpc) is 3.13. The van der Waals surface area contributed by atoms with Gasteiger partial charge in [0.15, 0.2) is 5.69 Å². The van der Waals surface area contributed by atoms with Gasteiger partial charge in [-0.1, -0.05) is 34.1 Å². The van der Waals surface area contributed by atoms with E-state index in [1.54, 1.807) is 27.3 Å². The highest BCUT2D eigenvalue weighted by Gasteiger charge is 2.20. The predicted octanol–water partition coefficient (Wildman–Crippen LogP) is 6.06. The fourth-order valence-corrected chi connectivity index (χ4v) is 4.43. The Hall–Kier alpha value is -4.11. The van der Waals surface area contributed by atoms with Gasteiger partial charge in [-0.2, -0.15) is 0 Å². The smallest absolute Gasteiger partial charge is 0.300 e. The van der Waals surface area contributed by atoms with Gasteiger partial charge in [-0.05, 0) is 56.3 Å². The zero-order valence-corrected chi connectivity index (χ0v) is 20.5. The largest absolute Gasteiger partial charge is 0.493 e. The number of hydrogen-bond donors (Lipinski definition) is 1. The lowest BCUT2D eigenvalue weighted by Gasteiger charge is -2.09. The normalized spacial score (nSPS) is 11.6. The van der Waals surface area contributed by atoms with Gasteiger partial charge in [0.05, 0.1) is 10.9 Å². The van der Waals surface area contributed by atoms with Crippen molar-refractivity contribution in [3.05, 3.63) is 92.8 Å². The van der Waals surface area contributed by atoms with Crippen LogP contribution >= 0.6 is 15.9 Å². The van der Waals surface area contributed by atoms with Crippen LogP contribution in [0.25, 0.3) is 27.6 Å². The summed E-state index contributed by atoms with van der Waals surface area (Å²) in [6, 6.07) is 18.2. The first-order valence-corrected chi connectivity index (χ1v) is 11.7. The fraction of sp³-hybridized carbons (Fsp3) is 0.115. The Morgan fingerprint density at radius 1 is 1.09 bits per heavy atom. The van der Waals surface area contributed by atoms with Crippen LogP contribution in [0, 0.1) is 6.92 Å². The van der Waals surface area contributed by atoms with Gasteiger partial charge in [0.25, 0.3) is 0 Å². The number of rotatable bonds is 4. The molecule has 0 saturated carbocycles. The van der Waals surface area contributed by atoms with Crippen LogP contribution in [-0.2, 0) is 6.54 Å². The molecule has 9 heteroatoms. The number of carbonyl (C=O) groups is 1. The van der Waals surface area contributed by atoms with Crippen molar-refractivity contribution in [2.24, 2.45) is 10.2 Å². The van der Waals surface area contributed by atoms with E-state index in [0.29, 0.717) is 28.5 Å². The molecule has 8 nitrogen and oxygen atoms in total. The molecule has 0 radical (unpaired) electrons. The molecule has 0 aliphatic rings. The first-order valence-electron chi connectivity index (χ1n) is 10.9. The van der Waals surface area contributed by atoms with E-state index in [0.717, 1.165) is 15.9 Å². The van der Waals surface area contributed by atoms with E-state index >= 15 is 0 Å². The minimum atomic E-state index is -0.797. The third-order valence-electron chi connectivity index (χ3n) is 5.77. The van der Waals surface area contributed by atoms with Gasteiger partial charge in [-0.15, -0.1) is 10.2 Å². The number of amides is 1. The molecule has 0 saturated heterocycles. The van der Waals surface area contributed by atoms with Gasteiger partial charge in [-0.25, -0.2) is 4.98 Å². The Labute approximate surface area is 208 Å². The lowest BCUT2D eigenvalue weighted by atomic mass is 10.1. The number of nitrogens with zero attached hydrogens (tertiary/aromatic N) is 5. The number of para-hydroxylation sites is 1. The molecule has 5 rings (SSSR count). The monoisotopic (exact) mass is 529 g/mol. The highest BCUT2D eigenvalue weighted by atomic mass is 79.9. The number of azo groups is 1. The molecule has 5 aromatic rings. The molecule has 0 aliphatic carbocycles. The molecule has 1 N–H and O–H groups in total. The number of aromatic nitrogens is 3. The van der Waals surface area contributed by atoms with E-state index in [9.17, 15) is 14.7 Å². The van der Waals surface area contributed by atoms with Gasteiger partial charge in [0.1, 0.15) is 11.2 Å². The molecule has 1 amide bonds. The summed E-state index contributed by atoms with van der Waals surface area (Å²) in [4.78, 5) is 30.5. The lowest BCUT2D eigenvalue weighted by Crippen LogP contribution is -2.18. The van der Waals surface area contributed by atoms with Crippen molar-refractivity contribution in [2.45, 2.75) is 20.4 Å². The van der Waals surface area contributed by atoms with Crippen LogP contribution in [0.15, 0.2) is 86.4 Å². The van der Waals surface area contributed by atoms with Crippen LogP contribution in [-0.4, -0.2) is 25.1 Å². The van der Waals surface area contributed by atoms with Crippen molar-refractivity contribution >= 4 is 49.5 Å². The van der Waals surface area contributed by atoms with Crippen LogP contribution in [0.3, 0.4) is 0 Å². The molecule has 0 bridgehead atoms. The van der Waals surface area contributed by atoms with Crippen molar-refractivity contribution in [3.63, 3.8) is 0 Å². The standard InChI is InChI=1S/C26H20BrN5O3/c1-3-31-14-20(23(33)18-11-9-15(2)28-24(18)31)25(34)30-29-22-19-13-16(27)10-12-21(19)32(26(22)35)17-7-5-4-6-8-17/h4-14,35H,3H2,1-2H3. The number of fused-ring (bicyclic) bond motifs is 2.